The lowest BCUT2D eigenvalue weighted by molar-refractivity contribution is 0.169. The fourth-order valence-electron chi connectivity index (χ4n) is 3.41. The Hall–Kier alpha value is -1.82. The fourth-order valence-corrected chi connectivity index (χ4v) is 3.41. The van der Waals surface area contributed by atoms with E-state index in [1.165, 1.54) is 6.07 Å². The van der Waals surface area contributed by atoms with Gasteiger partial charge in [-0.1, -0.05) is 30.4 Å². The SMILES string of the molecule is Cc1cc(C2N=CCC=C2C2C=CC(C)N2C(N)N)ccc1F. The largest absolute Gasteiger partial charge is 0.304 e. The summed E-state index contributed by atoms with van der Waals surface area (Å²) >= 11 is 0. The number of rotatable bonds is 3. The predicted octanol–water partition coefficient (Wildman–Crippen LogP) is 2.41. The van der Waals surface area contributed by atoms with Crippen molar-refractivity contribution in [1.82, 2.24) is 4.90 Å². The third-order valence-corrected chi connectivity index (χ3v) is 4.58. The highest BCUT2D eigenvalue weighted by Gasteiger charge is 2.35. The maximum Gasteiger partial charge on any atom is 0.126 e. The van der Waals surface area contributed by atoms with E-state index in [-0.39, 0.29) is 23.9 Å². The van der Waals surface area contributed by atoms with E-state index < -0.39 is 6.29 Å². The van der Waals surface area contributed by atoms with Gasteiger partial charge >= 0.3 is 0 Å². The minimum atomic E-state index is -0.535. The average molecular weight is 314 g/mol. The molecule has 5 heteroatoms. The quantitative estimate of drug-likeness (QED) is 0.665. The highest BCUT2D eigenvalue weighted by Crippen LogP contribution is 2.36. The van der Waals surface area contributed by atoms with Crippen LogP contribution in [0, 0.1) is 12.7 Å². The Bertz CT molecular complexity index is 678. The summed E-state index contributed by atoms with van der Waals surface area (Å²) in [5.41, 5.74) is 14.7. The van der Waals surface area contributed by atoms with Crippen molar-refractivity contribution in [3.8, 4) is 0 Å². The van der Waals surface area contributed by atoms with E-state index in [4.69, 9.17) is 11.5 Å². The van der Waals surface area contributed by atoms with Crippen LogP contribution in [0.4, 0.5) is 4.39 Å². The van der Waals surface area contributed by atoms with Crippen LogP contribution in [0.1, 0.15) is 30.5 Å². The van der Waals surface area contributed by atoms with Crippen LogP contribution >= 0.6 is 0 Å². The van der Waals surface area contributed by atoms with Gasteiger partial charge in [0.05, 0.1) is 12.1 Å². The Labute approximate surface area is 136 Å². The molecule has 0 aromatic heterocycles. The molecule has 0 fully saturated rings. The first-order valence-corrected chi connectivity index (χ1v) is 7.93. The van der Waals surface area contributed by atoms with Crippen molar-refractivity contribution in [2.45, 2.75) is 44.7 Å². The molecule has 0 radical (unpaired) electrons. The number of aryl methyl sites for hydroxylation is 1. The van der Waals surface area contributed by atoms with Gasteiger partial charge in [-0.25, -0.2) is 4.39 Å². The predicted molar refractivity (Wildman–Crippen MR) is 91.5 cm³/mol. The lowest BCUT2D eigenvalue weighted by Crippen LogP contribution is -2.54. The summed E-state index contributed by atoms with van der Waals surface area (Å²) in [5, 5.41) is 0. The molecule has 4 N–H and O–H groups in total. The zero-order chi connectivity index (χ0) is 16.6. The van der Waals surface area contributed by atoms with Gasteiger partial charge in [-0.2, -0.15) is 0 Å². The van der Waals surface area contributed by atoms with Crippen LogP contribution in [0.3, 0.4) is 0 Å². The lowest BCUT2D eigenvalue weighted by Gasteiger charge is -2.35. The summed E-state index contributed by atoms with van der Waals surface area (Å²) in [6, 6.07) is 5.26. The second kappa shape index (κ2) is 6.35. The van der Waals surface area contributed by atoms with E-state index in [0.29, 0.717) is 5.56 Å². The van der Waals surface area contributed by atoms with Crippen molar-refractivity contribution in [2.75, 3.05) is 0 Å². The zero-order valence-electron chi connectivity index (χ0n) is 13.5. The molecule has 2 heterocycles. The highest BCUT2D eigenvalue weighted by atomic mass is 19.1. The second-order valence-corrected chi connectivity index (χ2v) is 6.19. The molecule has 0 saturated carbocycles. The topological polar surface area (TPSA) is 67.6 Å². The summed E-state index contributed by atoms with van der Waals surface area (Å²) in [4.78, 5) is 6.72. The van der Waals surface area contributed by atoms with E-state index in [2.05, 4.69) is 35.0 Å². The monoisotopic (exact) mass is 314 g/mol. The smallest absolute Gasteiger partial charge is 0.126 e. The number of benzene rings is 1. The van der Waals surface area contributed by atoms with Crippen molar-refractivity contribution in [2.24, 2.45) is 16.5 Å². The standard InChI is InChI=1S/C18H23FN4/c1-11-10-13(6-7-15(11)19)17-14(4-3-9-22-17)16-8-5-12(2)23(16)18(20)21/h4-10,12,16-18H,3,20-21H2,1-2H3. The Morgan fingerprint density at radius 3 is 2.78 bits per heavy atom. The molecule has 0 amide bonds. The molecule has 0 bridgehead atoms. The Kier molecular flexibility index (Phi) is 4.43. The fraction of sp³-hybridized carbons (Fsp3) is 0.389. The van der Waals surface area contributed by atoms with Crippen LogP contribution in [0.25, 0.3) is 0 Å². The molecule has 23 heavy (non-hydrogen) atoms. The molecule has 0 spiro atoms. The van der Waals surface area contributed by atoms with Crippen molar-refractivity contribution >= 4 is 6.21 Å². The average Bonchev–Trinajstić information content (AvgIpc) is 2.92. The molecule has 0 saturated heterocycles. The first-order chi connectivity index (χ1) is 11.0. The maximum absolute atomic E-state index is 13.6. The summed E-state index contributed by atoms with van der Waals surface area (Å²) in [6.07, 6.45) is 8.59. The van der Waals surface area contributed by atoms with E-state index in [1.807, 2.05) is 12.3 Å². The molecule has 1 aromatic rings. The number of hydrogen-bond acceptors (Lipinski definition) is 4. The molecule has 2 aliphatic heterocycles. The number of halogens is 1. The first kappa shape index (κ1) is 16.1. The summed E-state index contributed by atoms with van der Waals surface area (Å²) in [6.45, 7) is 3.85. The van der Waals surface area contributed by atoms with Crippen LogP contribution in [-0.2, 0) is 0 Å². The summed E-state index contributed by atoms with van der Waals surface area (Å²) in [7, 11) is 0. The number of dihydropyridines is 1. The molecule has 3 atom stereocenters. The normalized spacial score (nSPS) is 27.7. The molecule has 122 valence electrons. The maximum atomic E-state index is 13.6. The van der Waals surface area contributed by atoms with Gasteiger partial charge in [0.2, 0.25) is 0 Å². The highest BCUT2D eigenvalue weighted by molar-refractivity contribution is 5.64. The van der Waals surface area contributed by atoms with Crippen LogP contribution in [0.2, 0.25) is 0 Å². The second-order valence-electron chi connectivity index (χ2n) is 6.19. The molecule has 2 aliphatic rings. The van der Waals surface area contributed by atoms with Gasteiger partial charge in [0, 0.05) is 18.7 Å². The van der Waals surface area contributed by atoms with Crippen LogP contribution < -0.4 is 11.5 Å². The van der Waals surface area contributed by atoms with E-state index in [1.54, 1.807) is 13.0 Å². The summed E-state index contributed by atoms with van der Waals surface area (Å²) in [5.74, 6) is -0.195. The van der Waals surface area contributed by atoms with Gasteiger partial charge in [-0.05, 0) is 36.6 Å². The molecule has 1 aromatic carbocycles. The van der Waals surface area contributed by atoms with Crippen LogP contribution in [0.5, 0.6) is 0 Å². The third-order valence-electron chi connectivity index (χ3n) is 4.58. The van der Waals surface area contributed by atoms with Crippen molar-refractivity contribution < 1.29 is 4.39 Å². The Balaban J connectivity index is 1.95. The molecule has 3 unspecified atom stereocenters. The van der Waals surface area contributed by atoms with Crippen molar-refractivity contribution in [3.05, 3.63) is 58.9 Å². The minimum Gasteiger partial charge on any atom is -0.304 e. The van der Waals surface area contributed by atoms with E-state index >= 15 is 0 Å². The lowest BCUT2D eigenvalue weighted by atomic mass is 9.90. The Morgan fingerprint density at radius 1 is 1.30 bits per heavy atom. The van der Waals surface area contributed by atoms with Crippen LogP contribution in [-0.4, -0.2) is 29.5 Å². The molecule has 3 rings (SSSR count). The number of allylic oxidation sites excluding steroid dienone is 1. The first-order valence-electron chi connectivity index (χ1n) is 7.93. The Morgan fingerprint density at radius 2 is 2.09 bits per heavy atom. The van der Waals surface area contributed by atoms with Crippen molar-refractivity contribution in [3.63, 3.8) is 0 Å². The van der Waals surface area contributed by atoms with Gasteiger partial charge in [0.1, 0.15) is 12.1 Å². The zero-order valence-corrected chi connectivity index (χ0v) is 13.5. The number of nitrogens with two attached hydrogens (primary N) is 2. The molecule has 0 aliphatic carbocycles. The number of nitrogens with zero attached hydrogens (tertiary/aromatic N) is 2. The number of aliphatic imine (C=N–C) groups is 1. The van der Waals surface area contributed by atoms with E-state index in [9.17, 15) is 4.39 Å². The third kappa shape index (κ3) is 3.00. The van der Waals surface area contributed by atoms with Gasteiger partial charge in [0.15, 0.2) is 0 Å². The van der Waals surface area contributed by atoms with Gasteiger partial charge in [0.25, 0.3) is 0 Å². The van der Waals surface area contributed by atoms with Gasteiger partial charge < -0.3 is 11.5 Å². The molecular formula is C18H23FN4. The number of hydrogen-bond donors (Lipinski definition) is 2. The molecular weight excluding hydrogens is 291 g/mol. The summed E-state index contributed by atoms with van der Waals surface area (Å²) < 4.78 is 13.6. The minimum absolute atomic E-state index is 0.0257. The van der Waals surface area contributed by atoms with E-state index in [0.717, 1.165) is 17.6 Å². The molecule has 4 nitrogen and oxygen atoms in total. The van der Waals surface area contributed by atoms with Gasteiger partial charge in [-0.3, -0.25) is 9.89 Å². The van der Waals surface area contributed by atoms with Crippen molar-refractivity contribution in [1.29, 1.82) is 0 Å². The van der Waals surface area contributed by atoms with Crippen LogP contribution in [0.15, 0.2) is 47.0 Å². The van der Waals surface area contributed by atoms with Gasteiger partial charge in [-0.15, -0.1) is 0 Å².